The first-order valence-electron chi connectivity index (χ1n) is 8.99. The van der Waals surface area contributed by atoms with Gasteiger partial charge in [0.05, 0.1) is 11.4 Å². The van der Waals surface area contributed by atoms with Crippen molar-refractivity contribution in [1.82, 2.24) is 10.9 Å². The van der Waals surface area contributed by atoms with Crippen molar-refractivity contribution in [2.45, 2.75) is 26.7 Å². The largest absolute Gasteiger partial charge is 0.507 e. The number of aliphatic imine (C=N–C) groups is 1. The molecule has 0 radical (unpaired) electrons. The van der Waals surface area contributed by atoms with Gasteiger partial charge in [-0.1, -0.05) is 37.0 Å². The van der Waals surface area contributed by atoms with Crippen LogP contribution in [0.3, 0.4) is 0 Å². The highest BCUT2D eigenvalue weighted by atomic mass is 35.5. The molecule has 0 amide bonds. The Morgan fingerprint density at radius 2 is 1.24 bits per heavy atom. The van der Waals surface area contributed by atoms with Crippen molar-refractivity contribution in [3.05, 3.63) is 57.6 Å². The first-order chi connectivity index (χ1) is 13.9. The average Bonchev–Trinajstić information content (AvgIpc) is 2.69. The van der Waals surface area contributed by atoms with Crippen LogP contribution in [0, 0.1) is 0 Å². The number of guanidine groups is 1. The van der Waals surface area contributed by atoms with Crippen molar-refractivity contribution < 1.29 is 10.2 Å². The summed E-state index contributed by atoms with van der Waals surface area (Å²) in [5, 5.41) is 29.7. The molecule has 0 aliphatic carbocycles. The van der Waals surface area contributed by atoms with Crippen LogP contribution in [0.25, 0.3) is 0 Å². The van der Waals surface area contributed by atoms with Gasteiger partial charge in [0.25, 0.3) is 0 Å². The molecule has 2 aromatic carbocycles. The minimum absolute atomic E-state index is 0.0485. The molecule has 2 rings (SSSR count). The van der Waals surface area contributed by atoms with Crippen LogP contribution in [0.2, 0.25) is 10.0 Å². The number of nitrogens with zero attached hydrogens (tertiary/aromatic N) is 3. The van der Waals surface area contributed by atoms with Gasteiger partial charge >= 0.3 is 0 Å². The second-order valence-corrected chi connectivity index (χ2v) is 6.82. The van der Waals surface area contributed by atoms with Crippen molar-refractivity contribution in [2.75, 3.05) is 7.05 Å². The van der Waals surface area contributed by atoms with Gasteiger partial charge in [-0.25, -0.2) is 10.9 Å². The maximum atomic E-state index is 10.1. The van der Waals surface area contributed by atoms with Gasteiger partial charge in [0.15, 0.2) is 0 Å². The number of benzene rings is 2. The maximum absolute atomic E-state index is 10.1. The maximum Gasteiger partial charge on any atom is 0.232 e. The molecule has 29 heavy (non-hydrogen) atoms. The number of phenolic OH excluding ortho intramolecular Hbond substituents is 2. The van der Waals surface area contributed by atoms with E-state index in [1.165, 1.54) is 12.1 Å². The third kappa shape index (κ3) is 6.10. The van der Waals surface area contributed by atoms with E-state index in [1.807, 2.05) is 13.8 Å². The van der Waals surface area contributed by atoms with Crippen LogP contribution in [-0.2, 0) is 0 Å². The first-order valence-corrected chi connectivity index (χ1v) is 9.74. The molecule has 0 aliphatic rings. The van der Waals surface area contributed by atoms with Gasteiger partial charge < -0.3 is 10.2 Å². The van der Waals surface area contributed by atoms with Crippen molar-refractivity contribution >= 4 is 40.6 Å². The van der Waals surface area contributed by atoms with E-state index in [1.54, 1.807) is 31.3 Å². The van der Waals surface area contributed by atoms with Crippen LogP contribution < -0.4 is 10.9 Å². The molecular formula is C20H23Cl2N5O2. The lowest BCUT2D eigenvalue weighted by molar-refractivity contribution is 0.473. The molecule has 2 aromatic rings. The van der Waals surface area contributed by atoms with Gasteiger partial charge in [-0.2, -0.15) is 10.2 Å². The molecule has 0 aliphatic heterocycles. The Morgan fingerprint density at radius 3 is 1.55 bits per heavy atom. The average molecular weight is 436 g/mol. The molecule has 0 bridgehead atoms. The summed E-state index contributed by atoms with van der Waals surface area (Å²) in [7, 11) is 1.58. The Morgan fingerprint density at radius 1 is 0.828 bits per heavy atom. The van der Waals surface area contributed by atoms with E-state index in [9.17, 15) is 10.2 Å². The minimum atomic E-state index is 0.0485. The molecule has 0 heterocycles. The van der Waals surface area contributed by atoms with Crippen molar-refractivity contribution in [3.63, 3.8) is 0 Å². The topological polar surface area (TPSA) is 102 Å². The fraction of sp³-hybridized carbons (Fsp3) is 0.250. The van der Waals surface area contributed by atoms with E-state index in [4.69, 9.17) is 23.2 Å². The molecule has 4 N–H and O–H groups in total. The molecule has 0 fully saturated rings. The number of halogens is 2. The Kier molecular flexibility index (Phi) is 8.30. The number of hydrazone groups is 2. The Bertz CT molecular complexity index is 884. The Labute approximate surface area is 179 Å². The van der Waals surface area contributed by atoms with Crippen LogP contribution in [0.5, 0.6) is 11.5 Å². The highest BCUT2D eigenvalue weighted by molar-refractivity contribution is 6.31. The smallest absolute Gasteiger partial charge is 0.232 e. The molecule has 0 saturated carbocycles. The van der Waals surface area contributed by atoms with Crippen molar-refractivity contribution in [3.8, 4) is 11.5 Å². The number of hydrogen-bond acceptors (Lipinski definition) is 5. The fourth-order valence-corrected chi connectivity index (χ4v) is 2.86. The third-order valence-electron chi connectivity index (χ3n) is 4.03. The summed E-state index contributed by atoms with van der Waals surface area (Å²) in [6.07, 6.45) is 1.14. The predicted octanol–water partition coefficient (Wildman–Crippen LogP) is 4.50. The van der Waals surface area contributed by atoms with E-state index in [0.717, 1.165) is 0 Å². The van der Waals surface area contributed by atoms with E-state index in [0.29, 0.717) is 51.4 Å². The van der Waals surface area contributed by atoms with Crippen molar-refractivity contribution in [1.29, 1.82) is 0 Å². The minimum Gasteiger partial charge on any atom is -0.507 e. The van der Waals surface area contributed by atoms with E-state index in [2.05, 4.69) is 26.0 Å². The Hall–Kier alpha value is -2.77. The zero-order valence-electron chi connectivity index (χ0n) is 16.4. The summed E-state index contributed by atoms with van der Waals surface area (Å²) in [6, 6.07) is 9.71. The zero-order valence-corrected chi connectivity index (χ0v) is 17.9. The SMILES string of the molecule is CC/C(=N\NC(=NC)N/N=C(\CC)c1ccc(Cl)cc1O)c1ccc(Cl)cc1O. The monoisotopic (exact) mass is 435 g/mol. The lowest BCUT2D eigenvalue weighted by Crippen LogP contribution is -2.32. The second-order valence-electron chi connectivity index (χ2n) is 5.94. The van der Waals surface area contributed by atoms with Gasteiger partial charge in [-0.3, -0.25) is 4.99 Å². The molecule has 0 saturated heterocycles. The summed E-state index contributed by atoms with van der Waals surface area (Å²) in [6.45, 7) is 3.84. The molecule has 0 aromatic heterocycles. The highest BCUT2D eigenvalue weighted by Gasteiger charge is 2.10. The summed E-state index contributed by atoms with van der Waals surface area (Å²) < 4.78 is 0. The molecule has 0 unspecified atom stereocenters. The van der Waals surface area contributed by atoms with Crippen LogP contribution in [0.1, 0.15) is 37.8 Å². The van der Waals surface area contributed by atoms with Crippen LogP contribution >= 0.6 is 23.2 Å². The number of aromatic hydroxyl groups is 2. The summed E-state index contributed by atoms with van der Waals surface area (Å²) in [5.74, 6) is 0.392. The summed E-state index contributed by atoms with van der Waals surface area (Å²) in [4.78, 5) is 4.07. The molecular weight excluding hydrogens is 413 g/mol. The highest BCUT2D eigenvalue weighted by Crippen LogP contribution is 2.24. The standard InChI is InChI=1S/C20H23Cl2N5O2/c1-4-16(14-8-6-12(21)10-18(14)28)24-26-20(23-3)27-25-17(5-2)15-9-7-13(22)11-19(15)29/h6-11,28-29H,4-5H2,1-3H3,(H2,23,26,27)/b24-16+,25-17+. The zero-order chi connectivity index (χ0) is 21.4. The normalized spacial score (nSPS) is 11.9. The molecule has 9 heteroatoms. The van der Waals surface area contributed by atoms with Gasteiger partial charge in [0.1, 0.15) is 11.5 Å². The number of hydrogen-bond donors (Lipinski definition) is 4. The van der Waals surface area contributed by atoms with E-state index in [-0.39, 0.29) is 11.5 Å². The molecule has 154 valence electrons. The van der Waals surface area contributed by atoms with E-state index >= 15 is 0 Å². The number of rotatable bonds is 6. The quantitative estimate of drug-likeness (QED) is 0.304. The van der Waals surface area contributed by atoms with Crippen LogP contribution in [0.4, 0.5) is 0 Å². The van der Waals surface area contributed by atoms with E-state index < -0.39 is 0 Å². The molecule has 7 nitrogen and oxygen atoms in total. The molecule has 0 spiro atoms. The third-order valence-corrected chi connectivity index (χ3v) is 4.50. The predicted molar refractivity (Wildman–Crippen MR) is 120 cm³/mol. The van der Waals surface area contributed by atoms with Gasteiger partial charge in [0, 0.05) is 28.2 Å². The molecule has 0 atom stereocenters. The fourth-order valence-electron chi connectivity index (χ4n) is 2.52. The summed E-state index contributed by atoms with van der Waals surface area (Å²) >= 11 is 11.8. The Balaban J connectivity index is 2.18. The van der Waals surface area contributed by atoms with Gasteiger partial charge in [-0.15, -0.1) is 0 Å². The summed E-state index contributed by atoms with van der Waals surface area (Å²) in [5.41, 5.74) is 8.01. The lowest BCUT2D eigenvalue weighted by atomic mass is 10.1. The first kappa shape index (κ1) is 22.5. The second kappa shape index (κ2) is 10.7. The number of nitrogens with one attached hydrogen (secondary N) is 2. The van der Waals surface area contributed by atoms with Gasteiger partial charge in [0.2, 0.25) is 5.96 Å². The number of phenols is 2. The lowest BCUT2D eigenvalue weighted by Gasteiger charge is -2.11. The van der Waals surface area contributed by atoms with Crippen molar-refractivity contribution in [2.24, 2.45) is 15.2 Å². The van der Waals surface area contributed by atoms with Crippen LogP contribution in [0.15, 0.2) is 51.6 Å². The van der Waals surface area contributed by atoms with Gasteiger partial charge in [-0.05, 0) is 49.2 Å². The van der Waals surface area contributed by atoms with Crippen LogP contribution in [-0.4, -0.2) is 34.6 Å².